The molecule has 0 saturated carbocycles. The molecule has 0 amide bonds. The zero-order valence-electron chi connectivity index (χ0n) is 14.4. The van der Waals surface area contributed by atoms with Crippen molar-refractivity contribution in [2.45, 2.75) is 11.1 Å². The Morgan fingerprint density at radius 3 is 2.68 bits per heavy atom. The molecular weight excluding hydrogens is 393 g/mol. The van der Waals surface area contributed by atoms with E-state index in [0.29, 0.717) is 5.75 Å². The average molecular weight is 406 g/mol. The van der Waals surface area contributed by atoms with Gasteiger partial charge in [0.25, 0.3) is 0 Å². The van der Waals surface area contributed by atoms with Gasteiger partial charge in [-0.1, -0.05) is 0 Å². The summed E-state index contributed by atoms with van der Waals surface area (Å²) >= 11 is 1.28. The molecule has 1 aromatic carbocycles. The maximum Gasteiger partial charge on any atom is 0.419 e. The molecule has 0 bridgehead atoms. The standard InChI is InChI=1S/C17H13F3N6OS/c1-27-13-4-2-10-6-22-24-15(10)16(13)25-28-12-3-5-14(21-8-12)26-9-11(7-23-26)17(18,19)20/h2-9,25H,1H3,(H,22,24). The van der Waals surface area contributed by atoms with Crippen molar-refractivity contribution in [1.82, 2.24) is 25.0 Å². The first-order valence-electron chi connectivity index (χ1n) is 7.97. The normalized spacial score (nSPS) is 11.7. The van der Waals surface area contributed by atoms with Crippen molar-refractivity contribution in [1.29, 1.82) is 0 Å². The molecule has 3 heterocycles. The van der Waals surface area contributed by atoms with Crippen molar-refractivity contribution in [2.24, 2.45) is 0 Å². The van der Waals surface area contributed by atoms with E-state index in [2.05, 4.69) is 25.0 Å². The second kappa shape index (κ2) is 7.08. The third-order valence-corrected chi connectivity index (χ3v) is 4.72. The van der Waals surface area contributed by atoms with Gasteiger partial charge in [0, 0.05) is 22.7 Å². The zero-order valence-corrected chi connectivity index (χ0v) is 15.2. The van der Waals surface area contributed by atoms with Gasteiger partial charge in [-0.05, 0) is 36.2 Å². The molecule has 4 rings (SSSR count). The quantitative estimate of drug-likeness (QED) is 0.481. The summed E-state index contributed by atoms with van der Waals surface area (Å²) in [6.45, 7) is 0. The number of anilines is 1. The number of aromatic nitrogens is 5. The van der Waals surface area contributed by atoms with Crippen LogP contribution in [0, 0.1) is 0 Å². The van der Waals surface area contributed by atoms with Gasteiger partial charge in [-0.25, -0.2) is 9.67 Å². The maximum atomic E-state index is 12.7. The van der Waals surface area contributed by atoms with Crippen LogP contribution in [-0.2, 0) is 6.18 Å². The van der Waals surface area contributed by atoms with Gasteiger partial charge in [0.15, 0.2) is 5.82 Å². The van der Waals surface area contributed by atoms with Crippen LogP contribution >= 0.6 is 11.9 Å². The number of alkyl halides is 3. The minimum Gasteiger partial charge on any atom is -0.494 e. The van der Waals surface area contributed by atoms with Crippen LogP contribution in [-0.4, -0.2) is 32.1 Å². The summed E-state index contributed by atoms with van der Waals surface area (Å²) in [5.41, 5.74) is 0.704. The monoisotopic (exact) mass is 406 g/mol. The molecular formula is C17H13F3N6OS. The molecule has 3 aromatic heterocycles. The summed E-state index contributed by atoms with van der Waals surface area (Å²) < 4.78 is 47.7. The van der Waals surface area contributed by atoms with E-state index in [-0.39, 0.29) is 5.82 Å². The zero-order chi connectivity index (χ0) is 19.7. The lowest BCUT2D eigenvalue weighted by Crippen LogP contribution is -2.03. The molecule has 28 heavy (non-hydrogen) atoms. The summed E-state index contributed by atoms with van der Waals surface area (Å²) in [6.07, 6.45) is 0.479. The molecule has 0 spiro atoms. The summed E-state index contributed by atoms with van der Waals surface area (Å²) in [6, 6.07) is 7.04. The number of hydrogen-bond acceptors (Lipinski definition) is 6. The molecule has 0 unspecified atom stereocenters. The van der Waals surface area contributed by atoms with E-state index < -0.39 is 11.7 Å². The summed E-state index contributed by atoms with van der Waals surface area (Å²) in [5, 5.41) is 11.6. The third-order valence-electron chi connectivity index (χ3n) is 3.94. The van der Waals surface area contributed by atoms with Crippen LogP contribution in [0.15, 0.2) is 53.9 Å². The van der Waals surface area contributed by atoms with Crippen molar-refractivity contribution >= 4 is 28.5 Å². The Balaban J connectivity index is 1.51. The summed E-state index contributed by atoms with van der Waals surface area (Å²) in [5.74, 6) is 0.929. The van der Waals surface area contributed by atoms with E-state index in [1.54, 1.807) is 31.6 Å². The van der Waals surface area contributed by atoms with Gasteiger partial charge in [-0.2, -0.15) is 23.4 Å². The first kappa shape index (κ1) is 18.2. The van der Waals surface area contributed by atoms with Crippen molar-refractivity contribution in [2.75, 3.05) is 11.8 Å². The lowest BCUT2D eigenvalue weighted by molar-refractivity contribution is -0.137. The smallest absolute Gasteiger partial charge is 0.419 e. The molecule has 0 saturated heterocycles. The molecule has 4 aromatic rings. The number of halogens is 3. The molecule has 144 valence electrons. The van der Waals surface area contributed by atoms with E-state index in [1.165, 1.54) is 11.9 Å². The number of rotatable bonds is 5. The highest BCUT2D eigenvalue weighted by molar-refractivity contribution is 8.00. The number of ether oxygens (including phenoxy) is 1. The topological polar surface area (TPSA) is 80.6 Å². The van der Waals surface area contributed by atoms with E-state index in [4.69, 9.17) is 4.74 Å². The summed E-state index contributed by atoms with van der Waals surface area (Å²) in [7, 11) is 1.57. The van der Waals surface area contributed by atoms with Gasteiger partial charge in [0.1, 0.15) is 11.4 Å². The van der Waals surface area contributed by atoms with E-state index in [0.717, 1.165) is 38.6 Å². The summed E-state index contributed by atoms with van der Waals surface area (Å²) in [4.78, 5) is 4.93. The van der Waals surface area contributed by atoms with Crippen molar-refractivity contribution < 1.29 is 17.9 Å². The second-order valence-corrected chi connectivity index (χ2v) is 6.58. The average Bonchev–Trinajstić information content (AvgIpc) is 3.35. The molecule has 11 heteroatoms. The van der Waals surface area contributed by atoms with Crippen LogP contribution < -0.4 is 9.46 Å². The fourth-order valence-electron chi connectivity index (χ4n) is 2.54. The van der Waals surface area contributed by atoms with E-state index >= 15 is 0 Å². The number of pyridine rings is 1. The fraction of sp³-hybridized carbons (Fsp3) is 0.118. The molecule has 0 fully saturated rings. The molecule has 0 atom stereocenters. The second-order valence-electron chi connectivity index (χ2n) is 5.70. The van der Waals surface area contributed by atoms with Crippen LogP contribution in [0.4, 0.5) is 18.9 Å². The third kappa shape index (κ3) is 3.48. The van der Waals surface area contributed by atoms with Crippen LogP contribution in [0.5, 0.6) is 5.75 Å². The number of nitrogens with one attached hydrogen (secondary N) is 2. The highest BCUT2D eigenvalue weighted by Crippen LogP contribution is 2.35. The van der Waals surface area contributed by atoms with Crippen molar-refractivity contribution in [3.05, 3.63) is 54.6 Å². The number of hydrogen-bond donors (Lipinski definition) is 2. The minimum atomic E-state index is -4.44. The first-order valence-corrected chi connectivity index (χ1v) is 8.78. The number of nitrogens with zero attached hydrogens (tertiary/aromatic N) is 4. The first-order chi connectivity index (χ1) is 13.5. The van der Waals surface area contributed by atoms with E-state index in [9.17, 15) is 13.2 Å². The molecule has 0 aliphatic heterocycles. The number of H-pyrrole nitrogens is 1. The predicted molar refractivity (Wildman–Crippen MR) is 98.5 cm³/mol. The highest BCUT2D eigenvalue weighted by Gasteiger charge is 2.32. The Morgan fingerprint density at radius 2 is 2.00 bits per heavy atom. The SMILES string of the molecule is COc1ccc2cn[nH]c2c1NSc1ccc(-n2cc(C(F)(F)F)cn2)nc1. The Morgan fingerprint density at radius 1 is 1.14 bits per heavy atom. The van der Waals surface area contributed by atoms with E-state index in [1.807, 2.05) is 12.1 Å². The number of aromatic amines is 1. The Labute approximate surface area is 161 Å². The maximum absolute atomic E-state index is 12.7. The molecule has 0 radical (unpaired) electrons. The minimum absolute atomic E-state index is 0.285. The number of fused-ring (bicyclic) bond motifs is 1. The lowest BCUT2D eigenvalue weighted by atomic mass is 10.2. The van der Waals surface area contributed by atoms with Gasteiger partial charge in [-0.15, -0.1) is 0 Å². The highest BCUT2D eigenvalue weighted by atomic mass is 32.2. The van der Waals surface area contributed by atoms with Crippen LogP contribution in [0.25, 0.3) is 16.7 Å². The van der Waals surface area contributed by atoms with Gasteiger partial charge in [0.2, 0.25) is 0 Å². The predicted octanol–water partition coefficient (Wildman–Crippen LogP) is 4.29. The van der Waals surface area contributed by atoms with Gasteiger partial charge in [-0.3, -0.25) is 5.10 Å². The van der Waals surface area contributed by atoms with Crippen molar-refractivity contribution in [3.63, 3.8) is 0 Å². The Kier molecular flexibility index (Phi) is 4.59. The molecule has 2 N–H and O–H groups in total. The molecule has 7 nitrogen and oxygen atoms in total. The fourth-order valence-corrected chi connectivity index (χ4v) is 3.20. The van der Waals surface area contributed by atoms with Gasteiger partial charge >= 0.3 is 6.18 Å². The number of methoxy groups -OCH3 is 1. The molecule has 0 aliphatic rings. The number of benzene rings is 1. The molecule has 0 aliphatic carbocycles. The van der Waals surface area contributed by atoms with Gasteiger partial charge < -0.3 is 9.46 Å². The van der Waals surface area contributed by atoms with Crippen LogP contribution in [0.3, 0.4) is 0 Å². The van der Waals surface area contributed by atoms with Crippen LogP contribution in [0.1, 0.15) is 5.56 Å². The lowest BCUT2D eigenvalue weighted by Gasteiger charge is -2.11. The largest absolute Gasteiger partial charge is 0.494 e. The Bertz CT molecular complexity index is 1110. The van der Waals surface area contributed by atoms with Crippen LogP contribution in [0.2, 0.25) is 0 Å². The van der Waals surface area contributed by atoms with Gasteiger partial charge in [0.05, 0.1) is 30.6 Å². The Hall–Kier alpha value is -3.21. The van der Waals surface area contributed by atoms with Crippen molar-refractivity contribution in [3.8, 4) is 11.6 Å².